The van der Waals surface area contributed by atoms with E-state index in [1.54, 1.807) is 19.5 Å². The Morgan fingerprint density at radius 2 is 2.17 bits per heavy atom. The van der Waals surface area contributed by atoms with E-state index in [2.05, 4.69) is 10.1 Å². The monoisotopic (exact) mass is 246 g/mol. The molecule has 0 radical (unpaired) electrons. The summed E-state index contributed by atoms with van der Waals surface area (Å²) in [5.74, 6) is 0.710. The van der Waals surface area contributed by atoms with Crippen LogP contribution in [0.25, 0.3) is 0 Å². The molecule has 0 saturated carbocycles. The van der Waals surface area contributed by atoms with Crippen molar-refractivity contribution in [3.63, 3.8) is 0 Å². The molecule has 0 fully saturated rings. The summed E-state index contributed by atoms with van der Waals surface area (Å²) in [5, 5.41) is 4.40. The number of hydrogen-bond donors (Lipinski definition) is 1. The molecular formula is C13H18N4O. The van der Waals surface area contributed by atoms with Crippen LogP contribution in [0, 0.1) is 6.92 Å². The minimum Gasteiger partial charge on any atom is -0.495 e. The lowest BCUT2D eigenvalue weighted by atomic mass is 10.1. The standard InChI is InChI=1S/C13H18N4O/c1-4-17-12(5-9(2)16-17)13(14)10-6-11(18-3)8-15-7-10/h5-8,13H,4,14H2,1-3H3. The van der Waals surface area contributed by atoms with Crippen LogP contribution in [0.15, 0.2) is 24.5 Å². The van der Waals surface area contributed by atoms with E-state index >= 15 is 0 Å². The van der Waals surface area contributed by atoms with Gasteiger partial charge in [-0.3, -0.25) is 9.67 Å². The number of pyridine rings is 1. The van der Waals surface area contributed by atoms with Crippen LogP contribution < -0.4 is 10.5 Å². The van der Waals surface area contributed by atoms with Gasteiger partial charge in [-0.2, -0.15) is 5.10 Å². The fourth-order valence-electron chi connectivity index (χ4n) is 1.96. The summed E-state index contributed by atoms with van der Waals surface area (Å²) < 4.78 is 7.08. The second kappa shape index (κ2) is 5.18. The van der Waals surface area contributed by atoms with Crippen molar-refractivity contribution in [3.8, 4) is 5.75 Å². The molecule has 2 heterocycles. The van der Waals surface area contributed by atoms with Gasteiger partial charge in [0.1, 0.15) is 5.75 Å². The zero-order valence-corrected chi connectivity index (χ0v) is 10.9. The van der Waals surface area contributed by atoms with Gasteiger partial charge in [0.25, 0.3) is 0 Å². The Morgan fingerprint density at radius 3 is 2.83 bits per heavy atom. The van der Waals surface area contributed by atoms with Crippen molar-refractivity contribution < 1.29 is 4.74 Å². The molecule has 18 heavy (non-hydrogen) atoms. The third-order valence-electron chi connectivity index (χ3n) is 2.88. The molecule has 2 aromatic rings. The van der Waals surface area contributed by atoms with Gasteiger partial charge in [-0.05, 0) is 31.5 Å². The van der Waals surface area contributed by atoms with Crippen LogP contribution in [0.1, 0.15) is 29.9 Å². The highest BCUT2D eigenvalue weighted by atomic mass is 16.5. The highest BCUT2D eigenvalue weighted by molar-refractivity contribution is 5.31. The van der Waals surface area contributed by atoms with Crippen LogP contribution in [0.2, 0.25) is 0 Å². The molecule has 96 valence electrons. The summed E-state index contributed by atoms with van der Waals surface area (Å²) >= 11 is 0. The van der Waals surface area contributed by atoms with Crippen LogP contribution in [0.4, 0.5) is 0 Å². The molecule has 2 rings (SSSR count). The van der Waals surface area contributed by atoms with Crippen molar-refractivity contribution in [2.24, 2.45) is 5.73 Å². The first-order valence-corrected chi connectivity index (χ1v) is 5.94. The summed E-state index contributed by atoms with van der Waals surface area (Å²) in [5.41, 5.74) is 9.15. The van der Waals surface area contributed by atoms with E-state index in [4.69, 9.17) is 10.5 Å². The molecule has 1 atom stereocenters. The Bertz CT molecular complexity index is 536. The van der Waals surface area contributed by atoms with Crippen molar-refractivity contribution in [2.45, 2.75) is 26.4 Å². The number of nitrogens with two attached hydrogens (primary N) is 1. The fourth-order valence-corrected chi connectivity index (χ4v) is 1.96. The Hall–Kier alpha value is -1.88. The van der Waals surface area contributed by atoms with Crippen molar-refractivity contribution in [1.82, 2.24) is 14.8 Å². The Kier molecular flexibility index (Phi) is 3.62. The van der Waals surface area contributed by atoms with Crippen LogP contribution >= 0.6 is 0 Å². The zero-order valence-electron chi connectivity index (χ0n) is 10.9. The molecule has 0 spiro atoms. The highest BCUT2D eigenvalue weighted by Gasteiger charge is 2.15. The first-order chi connectivity index (χ1) is 8.65. The van der Waals surface area contributed by atoms with Gasteiger partial charge in [-0.15, -0.1) is 0 Å². The predicted molar refractivity (Wildman–Crippen MR) is 69.5 cm³/mol. The molecule has 0 aliphatic rings. The van der Waals surface area contributed by atoms with E-state index in [1.807, 2.05) is 30.7 Å². The average molecular weight is 246 g/mol. The second-order valence-electron chi connectivity index (χ2n) is 4.16. The first-order valence-electron chi connectivity index (χ1n) is 5.94. The van der Waals surface area contributed by atoms with Crippen LogP contribution in [0.5, 0.6) is 5.75 Å². The van der Waals surface area contributed by atoms with E-state index < -0.39 is 0 Å². The van der Waals surface area contributed by atoms with E-state index in [9.17, 15) is 0 Å². The molecule has 0 aromatic carbocycles. The molecule has 0 saturated heterocycles. The lowest BCUT2D eigenvalue weighted by Crippen LogP contribution is -2.17. The summed E-state index contributed by atoms with van der Waals surface area (Å²) in [6, 6.07) is 3.67. The topological polar surface area (TPSA) is 66.0 Å². The Balaban J connectivity index is 2.37. The second-order valence-corrected chi connectivity index (χ2v) is 4.16. The lowest BCUT2D eigenvalue weighted by molar-refractivity contribution is 0.412. The molecule has 1 unspecified atom stereocenters. The quantitative estimate of drug-likeness (QED) is 0.891. The Morgan fingerprint density at radius 1 is 1.39 bits per heavy atom. The number of hydrogen-bond acceptors (Lipinski definition) is 4. The van der Waals surface area contributed by atoms with Crippen molar-refractivity contribution in [1.29, 1.82) is 0 Å². The third kappa shape index (κ3) is 2.36. The number of nitrogens with zero attached hydrogens (tertiary/aromatic N) is 3. The lowest BCUT2D eigenvalue weighted by Gasteiger charge is -2.14. The predicted octanol–water partition coefficient (Wildman–Crippen LogP) is 1.66. The molecular weight excluding hydrogens is 228 g/mol. The molecule has 5 heteroatoms. The van der Waals surface area contributed by atoms with Crippen molar-refractivity contribution in [2.75, 3.05) is 7.11 Å². The average Bonchev–Trinajstić information content (AvgIpc) is 2.79. The third-order valence-corrected chi connectivity index (χ3v) is 2.88. The Labute approximate surface area is 107 Å². The minimum absolute atomic E-state index is 0.242. The van der Waals surface area contributed by atoms with Gasteiger partial charge in [0.2, 0.25) is 0 Å². The van der Waals surface area contributed by atoms with E-state index in [1.165, 1.54) is 0 Å². The van der Waals surface area contributed by atoms with Gasteiger partial charge in [-0.25, -0.2) is 0 Å². The van der Waals surface area contributed by atoms with E-state index in [-0.39, 0.29) is 6.04 Å². The van der Waals surface area contributed by atoms with Crippen LogP contribution in [0.3, 0.4) is 0 Å². The van der Waals surface area contributed by atoms with E-state index in [0.717, 1.165) is 23.5 Å². The molecule has 0 aliphatic carbocycles. The maximum Gasteiger partial charge on any atom is 0.137 e. The maximum atomic E-state index is 6.27. The summed E-state index contributed by atoms with van der Waals surface area (Å²) in [6.07, 6.45) is 3.42. The molecule has 5 nitrogen and oxygen atoms in total. The maximum absolute atomic E-state index is 6.27. The largest absolute Gasteiger partial charge is 0.495 e. The number of methoxy groups -OCH3 is 1. The van der Waals surface area contributed by atoms with Crippen molar-refractivity contribution in [3.05, 3.63) is 41.5 Å². The van der Waals surface area contributed by atoms with Crippen LogP contribution in [-0.2, 0) is 6.54 Å². The van der Waals surface area contributed by atoms with Gasteiger partial charge in [0, 0.05) is 12.7 Å². The number of ether oxygens (including phenoxy) is 1. The van der Waals surface area contributed by atoms with Gasteiger partial charge in [0.05, 0.1) is 30.7 Å². The zero-order chi connectivity index (χ0) is 13.1. The summed E-state index contributed by atoms with van der Waals surface area (Å²) in [7, 11) is 1.62. The summed E-state index contributed by atoms with van der Waals surface area (Å²) in [4.78, 5) is 4.13. The van der Waals surface area contributed by atoms with Gasteiger partial charge in [-0.1, -0.05) is 0 Å². The van der Waals surface area contributed by atoms with Crippen LogP contribution in [-0.4, -0.2) is 21.9 Å². The molecule has 2 N–H and O–H groups in total. The summed E-state index contributed by atoms with van der Waals surface area (Å²) in [6.45, 7) is 4.81. The molecule has 2 aromatic heterocycles. The minimum atomic E-state index is -0.242. The smallest absolute Gasteiger partial charge is 0.137 e. The first kappa shape index (κ1) is 12.6. The molecule has 0 aliphatic heterocycles. The molecule has 0 amide bonds. The normalized spacial score (nSPS) is 12.4. The van der Waals surface area contributed by atoms with E-state index in [0.29, 0.717) is 5.75 Å². The van der Waals surface area contributed by atoms with Crippen molar-refractivity contribution >= 4 is 0 Å². The number of aryl methyl sites for hydroxylation is 2. The van der Waals surface area contributed by atoms with Gasteiger partial charge in [0.15, 0.2) is 0 Å². The van der Waals surface area contributed by atoms with Gasteiger partial charge < -0.3 is 10.5 Å². The SMILES string of the molecule is CCn1nc(C)cc1C(N)c1cncc(OC)c1. The number of rotatable bonds is 4. The number of aromatic nitrogens is 3. The molecule has 0 bridgehead atoms. The fraction of sp³-hybridized carbons (Fsp3) is 0.385. The highest BCUT2D eigenvalue weighted by Crippen LogP contribution is 2.22. The van der Waals surface area contributed by atoms with Gasteiger partial charge >= 0.3 is 0 Å².